The van der Waals surface area contributed by atoms with Crippen LogP contribution in [0, 0.1) is 13.8 Å². The Hall–Kier alpha value is -2.68. The Morgan fingerprint density at radius 3 is 1.65 bits per heavy atom. The summed E-state index contributed by atoms with van der Waals surface area (Å²) in [7, 11) is 0. The van der Waals surface area contributed by atoms with Crippen LogP contribution < -0.4 is 16.0 Å². The standard InChI is InChI=1S/C14H21N7O2/c1-9-7-11(20-18-9)13(22)16-5-3-15-4-6-17-14(23)12-8-10(2)19-21-12/h7-8,15H,3-6H2,1-2H3,(H,16,22)(H,17,23)(H,18,20)(H,19,21). The molecule has 2 amide bonds. The van der Waals surface area contributed by atoms with Crippen LogP contribution in [0.15, 0.2) is 12.1 Å². The average molecular weight is 319 g/mol. The van der Waals surface area contributed by atoms with Crippen molar-refractivity contribution in [3.63, 3.8) is 0 Å². The van der Waals surface area contributed by atoms with E-state index in [9.17, 15) is 9.59 Å². The van der Waals surface area contributed by atoms with Crippen LogP contribution in [0.25, 0.3) is 0 Å². The van der Waals surface area contributed by atoms with Crippen LogP contribution >= 0.6 is 0 Å². The highest BCUT2D eigenvalue weighted by molar-refractivity contribution is 5.92. The molecule has 0 spiro atoms. The number of rotatable bonds is 8. The zero-order valence-corrected chi connectivity index (χ0v) is 13.2. The zero-order chi connectivity index (χ0) is 16.7. The molecule has 5 N–H and O–H groups in total. The molecule has 0 bridgehead atoms. The molecule has 0 aliphatic heterocycles. The lowest BCUT2D eigenvalue weighted by atomic mass is 10.3. The molecule has 2 rings (SSSR count). The highest BCUT2D eigenvalue weighted by Crippen LogP contribution is 1.97. The lowest BCUT2D eigenvalue weighted by Crippen LogP contribution is -2.36. The molecule has 0 aliphatic rings. The number of carbonyl (C=O) groups excluding carboxylic acids is 2. The fraction of sp³-hybridized carbons (Fsp3) is 0.429. The normalized spacial score (nSPS) is 10.5. The summed E-state index contributed by atoms with van der Waals surface area (Å²) in [4.78, 5) is 23.4. The maximum Gasteiger partial charge on any atom is 0.271 e. The molecule has 2 aromatic heterocycles. The molecule has 9 nitrogen and oxygen atoms in total. The van der Waals surface area contributed by atoms with E-state index < -0.39 is 0 Å². The zero-order valence-electron chi connectivity index (χ0n) is 13.2. The Morgan fingerprint density at radius 1 is 0.870 bits per heavy atom. The monoisotopic (exact) mass is 319 g/mol. The Bertz CT molecular complexity index is 605. The third-order valence-electron chi connectivity index (χ3n) is 3.05. The Morgan fingerprint density at radius 2 is 1.30 bits per heavy atom. The van der Waals surface area contributed by atoms with Crippen LogP contribution in [-0.2, 0) is 0 Å². The van der Waals surface area contributed by atoms with Crippen molar-refractivity contribution in [2.75, 3.05) is 26.2 Å². The summed E-state index contributed by atoms with van der Waals surface area (Å²) >= 11 is 0. The van der Waals surface area contributed by atoms with Gasteiger partial charge >= 0.3 is 0 Å². The summed E-state index contributed by atoms with van der Waals surface area (Å²) in [5.41, 5.74) is 2.44. The lowest BCUT2D eigenvalue weighted by Gasteiger charge is -2.06. The van der Waals surface area contributed by atoms with Gasteiger partial charge in [0.25, 0.3) is 11.8 Å². The van der Waals surface area contributed by atoms with E-state index in [2.05, 4.69) is 36.3 Å². The van der Waals surface area contributed by atoms with Crippen molar-refractivity contribution in [1.29, 1.82) is 0 Å². The molecule has 0 saturated heterocycles. The van der Waals surface area contributed by atoms with Gasteiger partial charge in [0, 0.05) is 37.6 Å². The highest BCUT2D eigenvalue weighted by atomic mass is 16.2. The summed E-state index contributed by atoms with van der Waals surface area (Å²) in [6.45, 7) is 5.85. The molecule has 0 saturated carbocycles. The summed E-state index contributed by atoms with van der Waals surface area (Å²) in [6, 6.07) is 3.38. The maximum atomic E-state index is 11.7. The number of hydrogen-bond acceptors (Lipinski definition) is 5. The molecule has 0 fully saturated rings. The van der Waals surface area contributed by atoms with Gasteiger partial charge in [-0.25, -0.2) is 0 Å². The van der Waals surface area contributed by atoms with E-state index in [0.29, 0.717) is 37.6 Å². The summed E-state index contributed by atoms with van der Waals surface area (Å²) in [5.74, 6) is -0.420. The summed E-state index contributed by atoms with van der Waals surface area (Å²) in [6.07, 6.45) is 0. The van der Waals surface area contributed by atoms with Gasteiger partial charge in [-0.15, -0.1) is 0 Å². The smallest absolute Gasteiger partial charge is 0.271 e. The maximum absolute atomic E-state index is 11.7. The second-order valence-electron chi connectivity index (χ2n) is 5.13. The quantitative estimate of drug-likeness (QED) is 0.419. The molecule has 0 radical (unpaired) electrons. The number of nitrogens with one attached hydrogen (secondary N) is 5. The molecule has 0 atom stereocenters. The third kappa shape index (κ3) is 5.22. The number of aromatic amines is 2. The fourth-order valence-electron chi connectivity index (χ4n) is 1.90. The van der Waals surface area contributed by atoms with E-state index in [0.717, 1.165) is 11.4 Å². The lowest BCUT2D eigenvalue weighted by molar-refractivity contribution is 0.0943. The predicted molar refractivity (Wildman–Crippen MR) is 84.2 cm³/mol. The summed E-state index contributed by atoms with van der Waals surface area (Å²) in [5, 5.41) is 21.8. The topological polar surface area (TPSA) is 128 Å². The number of H-pyrrole nitrogens is 2. The van der Waals surface area contributed by atoms with E-state index >= 15 is 0 Å². The van der Waals surface area contributed by atoms with E-state index in [-0.39, 0.29) is 11.8 Å². The Labute approximate surface area is 133 Å². The van der Waals surface area contributed by atoms with Gasteiger partial charge in [0.2, 0.25) is 0 Å². The fourth-order valence-corrected chi connectivity index (χ4v) is 1.90. The van der Waals surface area contributed by atoms with Gasteiger partial charge in [0.1, 0.15) is 11.4 Å². The summed E-state index contributed by atoms with van der Waals surface area (Å²) < 4.78 is 0. The molecule has 124 valence electrons. The highest BCUT2D eigenvalue weighted by Gasteiger charge is 2.08. The molecule has 9 heteroatoms. The molecular formula is C14H21N7O2. The minimum absolute atomic E-state index is 0.210. The number of carbonyl (C=O) groups is 2. The molecule has 0 aromatic carbocycles. The van der Waals surface area contributed by atoms with Gasteiger partial charge in [-0.3, -0.25) is 19.8 Å². The molecule has 2 aromatic rings. The van der Waals surface area contributed by atoms with Crippen molar-refractivity contribution in [2.24, 2.45) is 0 Å². The first kappa shape index (κ1) is 16.7. The van der Waals surface area contributed by atoms with Crippen LogP contribution in [-0.4, -0.2) is 58.4 Å². The van der Waals surface area contributed by atoms with E-state index in [1.165, 1.54) is 0 Å². The van der Waals surface area contributed by atoms with Crippen molar-refractivity contribution in [1.82, 2.24) is 36.3 Å². The SMILES string of the molecule is Cc1cc(C(=O)NCCNCCNC(=O)c2cc(C)[nH]n2)n[nH]1. The van der Waals surface area contributed by atoms with Crippen LogP contribution in [0.2, 0.25) is 0 Å². The van der Waals surface area contributed by atoms with Crippen LogP contribution in [0.1, 0.15) is 32.4 Å². The average Bonchev–Trinajstić information content (AvgIpc) is 3.14. The molecule has 0 aliphatic carbocycles. The van der Waals surface area contributed by atoms with Crippen LogP contribution in [0.4, 0.5) is 0 Å². The van der Waals surface area contributed by atoms with Crippen molar-refractivity contribution in [3.05, 3.63) is 34.9 Å². The van der Waals surface area contributed by atoms with E-state index in [1.54, 1.807) is 12.1 Å². The second-order valence-corrected chi connectivity index (χ2v) is 5.13. The first-order chi connectivity index (χ1) is 11.1. The van der Waals surface area contributed by atoms with Crippen molar-refractivity contribution in [3.8, 4) is 0 Å². The van der Waals surface area contributed by atoms with Gasteiger partial charge in [-0.1, -0.05) is 0 Å². The van der Waals surface area contributed by atoms with Crippen LogP contribution in [0.3, 0.4) is 0 Å². The molecule has 23 heavy (non-hydrogen) atoms. The van der Waals surface area contributed by atoms with Gasteiger partial charge < -0.3 is 16.0 Å². The molecule has 2 heterocycles. The number of aryl methyl sites for hydroxylation is 2. The number of aromatic nitrogens is 4. The molecule has 0 unspecified atom stereocenters. The van der Waals surface area contributed by atoms with E-state index in [4.69, 9.17) is 0 Å². The number of amides is 2. The Kier molecular flexibility index (Phi) is 5.87. The number of nitrogens with zero attached hydrogens (tertiary/aromatic N) is 2. The van der Waals surface area contributed by atoms with E-state index in [1.807, 2.05) is 13.8 Å². The van der Waals surface area contributed by atoms with Crippen LogP contribution in [0.5, 0.6) is 0 Å². The third-order valence-corrected chi connectivity index (χ3v) is 3.05. The first-order valence-electron chi connectivity index (χ1n) is 7.37. The largest absolute Gasteiger partial charge is 0.349 e. The Balaban J connectivity index is 1.52. The van der Waals surface area contributed by atoms with Crippen molar-refractivity contribution in [2.45, 2.75) is 13.8 Å². The van der Waals surface area contributed by atoms with Crippen molar-refractivity contribution >= 4 is 11.8 Å². The van der Waals surface area contributed by atoms with Crippen molar-refractivity contribution < 1.29 is 9.59 Å². The minimum Gasteiger partial charge on any atom is -0.349 e. The van der Waals surface area contributed by atoms with Gasteiger partial charge in [-0.05, 0) is 26.0 Å². The second kappa shape index (κ2) is 8.08. The van der Waals surface area contributed by atoms with Gasteiger partial charge in [0.05, 0.1) is 0 Å². The van der Waals surface area contributed by atoms with Gasteiger partial charge in [-0.2, -0.15) is 10.2 Å². The predicted octanol–water partition coefficient (Wildman–Crippen LogP) is -0.501. The minimum atomic E-state index is -0.210. The molecular weight excluding hydrogens is 298 g/mol. The first-order valence-corrected chi connectivity index (χ1v) is 7.37. The van der Waals surface area contributed by atoms with Gasteiger partial charge in [0.15, 0.2) is 0 Å². The number of hydrogen-bond donors (Lipinski definition) is 5.